The first-order valence-electron chi connectivity index (χ1n) is 8.07. The Morgan fingerprint density at radius 3 is 2.62 bits per heavy atom. The number of benzene rings is 1. The highest BCUT2D eigenvalue weighted by molar-refractivity contribution is 8.14. The first kappa shape index (κ1) is 17.0. The van der Waals surface area contributed by atoms with Crippen LogP contribution < -0.4 is 9.47 Å². The van der Waals surface area contributed by atoms with Crippen molar-refractivity contribution >= 4 is 17.0 Å². The summed E-state index contributed by atoms with van der Waals surface area (Å²) >= 11 is 1.42. The third-order valence-electron chi connectivity index (χ3n) is 4.99. The van der Waals surface area contributed by atoms with E-state index in [4.69, 9.17) is 9.47 Å². The fraction of sp³-hybridized carbons (Fsp3) is 0.421. The molecule has 0 unspecified atom stereocenters. The van der Waals surface area contributed by atoms with Crippen molar-refractivity contribution in [2.24, 2.45) is 0 Å². The van der Waals surface area contributed by atoms with Crippen LogP contribution in [0.2, 0.25) is 0 Å². The molecular formula is C19H23NO3S. The summed E-state index contributed by atoms with van der Waals surface area (Å²) in [5.41, 5.74) is 1.98. The molecule has 1 aromatic carbocycles. The number of methoxy groups -OCH3 is 2. The SMILES string of the molecule is C=CC[C@H]1SC(=O)N2CCc3cc(OC)c(OC)cc3[C@@]12CC=C. The van der Waals surface area contributed by atoms with Crippen LogP contribution >= 0.6 is 11.8 Å². The topological polar surface area (TPSA) is 38.8 Å². The Balaban J connectivity index is 2.23. The van der Waals surface area contributed by atoms with Crippen LogP contribution in [0.4, 0.5) is 4.79 Å². The molecule has 0 bridgehead atoms. The fourth-order valence-electron chi connectivity index (χ4n) is 3.96. The van der Waals surface area contributed by atoms with Crippen molar-refractivity contribution in [1.82, 2.24) is 4.90 Å². The molecule has 2 aliphatic heterocycles. The van der Waals surface area contributed by atoms with Crippen LogP contribution in [0.3, 0.4) is 0 Å². The van der Waals surface area contributed by atoms with Gasteiger partial charge in [0.2, 0.25) is 0 Å². The summed E-state index contributed by atoms with van der Waals surface area (Å²) in [6.07, 6.45) is 6.12. The lowest BCUT2D eigenvalue weighted by Crippen LogP contribution is -2.52. The van der Waals surface area contributed by atoms with Crippen molar-refractivity contribution in [3.8, 4) is 11.5 Å². The minimum absolute atomic E-state index is 0.123. The number of hydrogen-bond acceptors (Lipinski definition) is 4. The number of fused-ring (bicyclic) bond motifs is 3. The molecule has 4 nitrogen and oxygen atoms in total. The first-order valence-corrected chi connectivity index (χ1v) is 8.95. The number of carbonyl (C=O) groups is 1. The van der Waals surface area contributed by atoms with Crippen molar-refractivity contribution in [3.05, 3.63) is 48.6 Å². The summed E-state index contributed by atoms with van der Waals surface area (Å²) < 4.78 is 11.0. The molecule has 0 spiro atoms. The molecule has 0 aliphatic carbocycles. The summed E-state index contributed by atoms with van der Waals surface area (Å²) in [7, 11) is 3.29. The average molecular weight is 345 g/mol. The number of carbonyl (C=O) groups excluding carboxylic acids is 1. The second kappa shape index (κ2) is 6.55. The molecule has 1 amide bonds. The number of amides is 1. The lowest BCUT2D eigenvalue weighted by molar-refractivity contribution is 0.128. The maximum atomic E-state index is 12.6. The van der Waals surface area contributed by atoms with Gasteiger partial charge >= 0.3 is 0 Å². The zero-order valence-electron chi connectivity index (χ0n) is 14.2. The van der Waals surface area contributed by atoms with Gasteiger partial charge in [0.25, 0.3) is 5.24 Å². The Kier molecular flexibility index (Phi) is 4.63. The van der Waals surface area contributed by atoms with Gasteiger partial charge in [-0.2, -0.15) is 0 Å². The first-order chi connectivity index (χ1) is 11.6. The lowest BCUT2D eigenvalue weighted by Gasteiger charge is -2.46. The Bertz CT molecular complexity index is 687. The predicted molar refractivity (Wildman–Crippen MR) is 98.0 cm³/mol. The van der Waals surface area contributed by atoms with Gasteiger partial charge in [0, 0.05) is 11.8 Å². The molecule has 5 heteroatoms. The van der Waals surface area contributed by atoms with Crippen LogP contribution in [0.15, 0.2) is 37.4 Å². The third-order valence-corrected chi connectivity index (χ3v) is 6.28. The zero-order valence-corrected chi connectivity index (χ0v) is 15.0. The van der Waals surface area contributed by atoms with Crippen LogP contribution in [0.5, 0.6) is 11.5 Å². The van der Waals surface area contributed by atoms with E-state index >= 15 is 0 Å². The number of hydrogen-bond donors (Lipinski definition) is 0. The van der Waals surface area contributed by atoms with E-state index in [-0.39, 0.29) is 16.0 Å². The largest absolute Gasteiger partial charge is 0.493 e. The minimum Gasteiger partial charge on any atom is -0.493 e. The van der Waals surface area contributed by atoms with Gasteiger partial charge in [0.05, 0.1) is 19.8 Å². The summed E-state index contributed by atoms with van der Waals surface area (Å²) in [6.45, 7) is 8.55. The maximum absolute atomic E-state index is 12.6. The van der Waals surface area contributed by atoms with Gasteiger partial charge in [-0.3, -0.25) is 4.79 Å². The number of rotatable bonds is 6. The third kappa shape index (κ3) is 2.34. The highest BCUT2D eigenvalue weighted by atomic mass is 32.2. The zero-order chi connectivity index (χ0) is 17.3. The molecule has 3 rings (SSSR count). The number of thioether (sulfide) groups is 1. The van der Waals surface area contributed by atoms with Crippen LogP contribution in [0, 0.1) is 0 Å². The van der Waals surface area contributed by atoms with Gasteiger partial charge in [-0.25, -0.2) is 0 Å². The molecule has 2 atom stereocenters. The van der Waals surface area contributed by atoms with E-state index in [1.54, 1.807) is 14.2 Å². The van der Waals surface area contributed by atoms with E-state index in [2.05, 4.69) is 19.2 Å². The monoisotopic (exact) mass is 345 g/mol. The van der Waals surface area contributed by atoms with Crippen molar-refractivity contribution in [2.75, 3.05) is 20.8 Å². The van der Waals surface area contributed by atoms with E-state index in [0.717, 1.165) is 30.7 Å². The number of allylic oxidation sites excluding steroid dienone is 1. The van der Waals surface area contributed by atoms with Crippen LogP contribution in [-0.2, 0) is 12.0 Å². The molecular weight excluding hydrogens is 322 g/mol. The van der Waals surface area contributed by atoms with Gasteiger partial charge in [0.15, 0.2) is 11.5 Å². The van der Waals surface area contributed by atoms with Crippen molar-refractivity contribution in [2.45, 2.75) is 30.1 Å². The van der Waals surface area contributed by atoms with Gasteiger partial charge in [0.1, 0.15) is 0 Å². The summed E-state index contributed by atoms with van der Waals surface area (Å²) in [5.74, 6) is 1.43. The standard InChI is InChI=1S/C19H23NO3S/c1-5-7-17-19(9-6-2)14-12-16(23-4)15(22-3)11-13(14)8-10-20(19)18(21)24-17/h5-6,11-12,17H,1-2,7-10H2,3-4H3/t17-,19+/m1/s1. The second-order valence-electron chi connectivity index (χ2n) is 6.08. The van der Waals surface area contributed by atoms with Gasteiger partial charge in [-0.15, -0.1) is 13.2 Å². The number of nitrogens with zero attached hydrogens (tertiary/aromatic N) is 1. The van der Waals surface area contributed by atoms with Crippen LogP contribution in [0.25, 0.3) is 0 Å². The Morgan fingerprint density at radius 1 is 1.29 bits per heavy atom. The van der Waals surface area contributed by atoms with E-state index < -0.39 is 0 Å². The molecule has 0 aromatic heterocycles. The van der Waals surface area contributed by atoms with E-state index in [0.29, 0.717) is 12.2 Å². The summed E-state index contributed by atoms with van der Waals surface area (Å²) in [4.78, 5) is 14.6. The quantitative estimate of drug-likeness (QED) is 0.726. The minimum atomic E-state index is -0.384. The average Bonchev–Trinajstić information content (AvgIpc) is 2.86. The Hall–Kier alpha value is -1.88. The molecule has 2 heterocycles. The molecule has 128 valence electrons. The summed E-state index contributed by atoms with van der Waals surface area (Å²) in [5, 5.41) is 0.266. The van der Waals surface area contributed by atoms with Crippen molar-refractivity contribution in [1.29, 1.82) is 0 Å². The van der Waals surface area contributed by atoms with Crippen molar-refractivity contribution < 1.29 is 14.3 Å². The van der Waals surface area contributed by atoms with Gasteiger partial charge in [-0.1, -0.05) is 23.9 Å². The highest BCUT2D eigenvalue weighted by Crippen LogP contribution is 2.54. The molecule has 1 saturated heterocycles. The molecule has 1 aromatic rings. The maximum Gasteiger partial charge on any atom is 0.282 e. The molecule has 0 radical (unpaired) electrons. The smallest absolute Gasteiger partial charge is 0.282 e. The molecule has 24 heavy (non-hydrogen) atoms. The van der Waals surface area contributed by atoms with E-state index in [9.17, 15) is 4.79 Å². The normalized spacial score (nSPS) is 25.0. The second-order valence-corrected chi connectivity index (χ2v) is 7.23. The van der Waals surface area contributed by atoms with E-state index in [1.807, 2.05) is 23.1 Å². The van der Waals surface area contributed by atoms with Crippen LogP contribution in [-0.4, -0.2) is 36.2 Å². The number of ether oxygens (including phenoxy) is 2. The fourth-order valence-corrected chi connectivity index (χ4v) is 5.36. The Labute approximate surface area is 147 Å². The molecule has 0 saturated carbocycles. The van der Waals surface area contributed by atoms with Gasteiger partial charge in [-0.05, 0) is 42.5 Å². The lowest BCUT2D eigenvalue weighted by atomic mass is 9.75. The van der Waals surface area contributed by atoms with E-state index in [1.165, 1.54) is 17.3 Å². The molecule has 2 aliphatic rings. The van der Waals surface area contributed by atoms with Crippen LogP contribution in [0.1, 0.15) is 24.0 Å². The molecule has 1 fully saturated rings. The highest BCUT2D eigenvalue weighted by Gasteiger charge is 2.55. The van der Waals surface area contributed by atoms with Gasteiger partial charge < -0.3 is 14.4 Å². The molecule has 0 N–H and O–H groups in total. The van der Waals surface area contributed by atoms with Crippen molar-refractivity contribution in [3.63, 3.8) is 0 Å². The summed E-state index contributed by atoms with van der Waals surface area (Å²) in [6, 6.07) is 4.09. The predicted octanol–water partition coefficient (Wildman–Crippen LogP) is 4.14. The Morgan fingerprint density at radius 2 is 2.00 bits per heavy atom.